The van der Waals surface area contributed by atoms with Crippen LogP contribution in [0.15, 0.2) is 46.6 Å². The number of allylic oxidation sites excluding steroid dienone is 4. The minimum Gasteiger partial charge on any atom is -0.340 e. The Morgan fingerprint density at radius 3 is 2.57 bits per heavy atom. The Balaban J connectivity index is 2.02. The van der Waals surface area contributed by atoms with Gasteiger partial charge < -0.3 is 9.47 Å². The lowest BCUT2D eigenvalue weighted by Gasteiger charge is -2.22. The molecule has 1 spiro atoms. The van der Waals surface area contributed by atoms with Gasteiger partial charge in [0.25, 0.3) is 0 Å². The summed E-state index contributed by atoms with van der Waals surface area (Å²) in [5, 5.41) is 0. The van der Waals surface area contributed by atoms with E-state index in [1.54, 1.807) is 0 Å². The van der Waals surface area contributed by atoms with Crippen molar-refractivity contribution in [3.05, 3.63) is 46.6 Å². The van der Waals surface area contributed by atoms with Crippen molar-refractivity contribution in [2.24, 2.45) is 0 Å². The molecule has 2 heteroatoms. The van der Waals surface area contributed by atoms with Crippen LogP contribution in [0.25, 0.3) is 0 Å². The van der Waals surface area contributed by atoms with E-state index in [-0.39, 0.29) is 0 Å². The molecule has 1 heterocycles. The SMILES string of the molecule is C1=CC2=C3C=CC(=C2C1)C31OCCO1. The number of ether oxygens (including phenoxy) is 2. The van der Waals surface area contributed by atoms with Crippen LogP contribution >= 0.6 is 0 Å². The summed E-state index contributed by atoms with van der Waals surface area (Å²) < 4.78 is 11.6. The Morgan fingerprint density at radius 1 is 1.00 bits per heavy atom. The first-order valence-corrected chi connectivity index (χ1v) is 5.03. The second-order valence-electron chi connectivity index (χ2n) is 3.97. The van der Waals surface area contributed by atoms with Crippen LogP contribution in [0.3, 0.4) is 0 Å². The molecule has 70 valence electrons. The molecule has 0 unspecified atom stereocenters. The maximum absolute atomic E-state index is 5.79. The van der Waals surface area contributed by atoms with Gasteiger partial charge in [-0.15, -0.1) is 0 Å². The molecular weight excluding hydrogens is 176 g/mol. The smallest absolute Gasteiger partial charge is 0.223 e. The third-order valence-electron chi connectivity index (χ3n) is 3.37. The molecule has 0 saturated carbocycles. The zero-order valence-corrected chi connectivity index (χ0v) is 7.75. The van der Waals surface area contributed by atoms with Gasteiger partial charge in [0.15, 0.2) is 0 Å². The van der Waals surface area contributed by atoms with Gasteiger partial charge in [-0.1, -0.05) is 24.3 Å². The molecule has 1 aliphatic heterocycles. The van der Waals surface area contributed by atoms with E-state index in [1.165, 1.54) is 22.3 Å². The summed E-state index contributed by atoms with van der Waals surface area (Å²) in [4.78, 5) is 0. The summed E-state index contributed by atoms with van der Waals surface area (Å²) in [5.74, 6) is -0.491. The molecule has 0 aromatic heterocycles. The second-order valence-corrected chi connectivity index (χ2v) is 3.97. The van der Waals surface area contributed by atoms with Crippen molar-refractivity contribution in [1.82, 2.24) is 0 Å². The second kappa shape index (κ2) is 2.10. The van der Waals surface area contributed by atoms with Crippen LogP contribution in [0.5, 0.6) is 0 Å². The quantitative estimate of drug-likeness (QED) is 0.575. The number of hydrogen-bond donors (Lipinski definition) is 0. The predicted molar refractivity (Wildman–Crippen MR) is 51.6 cm³/mol. The molecule has 0 radical (unpaired) electrons. The van der Waals surface area contributed by atoms with E-state index in [0.29, 0.717) is 13.2 Å². The van der Waals surface area contributed by atoms with Gasteiger partial charge in [0.1, 0.15) is 0 Å². The van der Waals surface area contributed by atoms with E-state index in [1.807, 2.05) is 0 Å². The fraction of sp³-hybridized carbons (Fsp3) is 0.333. The summed E-state index contributed by atoms with van der Waals surface area (Å²) in [6.07, 6.45) is 9.71. The highest BCUT2D eigenvalue weighted by Crippen LogP contribution is 2.54. The number of fused-ring (bicyclic) bond motifs is 1. The molecule has 0 N–H and O–H groups in total. The fourth-order valence-electron chi connectivity index (χ4n) is 2.83. The van der Waals surface area contributed by atoms with E-state index in [0.717, 1.165) is 6.42 Å². The Labute approximate surface area is 82.2 Å². The van der Waals surface area contributed by atoms with Gasteiger partial charge in [-0.3, -0.25) is 0 Å². The zero-order valence-electron chi connectivity index (χ0n) is 7.75. The van der Waals surface area contributed by atoms with Gasteiger partial charge in [-0.25, -0.2) is 0 Å². The predicted octanol–water partition coefficient (Wildman–Crippen LogP) is 1.87. The molecule has 0 atom stereocenters. The molecule has 2 nitrogen and oxygen atoms in total. The van der Waals surface area contributed by atoms with E-state index in [4.69, 9.17) is 9.47 Å². The van der Waals surface area contributed by atoms with Crippen LogP contribution in [-0.4, -0.2) is 19.0 Å². The van der Waals surface area contributed by atoms with Crippen LogP contribution in [0, 0.1) is 0 Å². The highest BCUT2D eigenvalue weighted by molar-refractivity contribution is 5.72. The lowest BCUT2D eigenvalue weighted by atomic mass is 10.1. The number of rotatable bonds is 0. The zero-order chi connectivity index (χ0) is 9.17. The van der Waals surface area contributed by atoms with Crippen molar-refractivity contribution in [1.29, 1.82) is 0 Å². The minimum absolute atomic E-state index is 0.491. The molecule has 3 aliphatic carbocycles. The van der Waals surface area contributed by atoms with E-state index in [9.17, 15) is 0 Å². The molecule has 1 saturated heterocycles. The van der Waals surface area contributed by atoms with Gasteiger partial charge >= 0.3 is 0 Å². The Kier molecular flexibility index (Phi) is 1.08. The first kappa shape index (κ1) is 7.21. The third-order valence-corrected chi connectivity index (χ3v) is 3.37. The van der Waals surface area contributed by atoms with Crippen LogP contribution < -0.4 is 0 Å². The summed E-state index contributed by atoms with van der Waals surface area (Å²) in [7, 11) is 0. The van der Waals surface area contributed by atoms with Crippen molar-refractivity contribution in [2.75, 3.05) is 13.2 Å². The van der Waals surface area contributed by atoms with Gasteiger partial charge in [0.05, 0.1) is 13.2 Å². The number of hydrogen-bond acceptors (Lipinski definition) is 2. The van der Waals surface area contributed by atoms with Gasteiger partial charge in [-0.2, -0.15) is 0 Å². The molecule has 4 rings (SSSR count). The molecule has 1 fully saturated rings. The summed E-state index contributed by atoms with van der Waals surface area (Å²) >= 11 is 0. The molecule has 0 aromatic carbocycles. The molecule has 14 heavy (non-hydrogen) atoms. The maximum Gasteiger partial charge on any atom is 0.223 e. The van der Waals surface area contributed by atoms with Crippen molar-refractivity contribution in [2.45, 2.75) is 12.2 Å². The average molecular weight is 186 g/mol. The van der Waals surface area contributed by atoms with Crippen molar-refractivity contribution >= 4 is 0 Å². The summed E-state index contributed by atoms with van der Waals surface area (Å²) in [6.45, 7) is 1.41. The standard InChI is InChI=1S/C12H10O2/c1-2-8-9(3-1)11-5-4-10(8)12(11)13-6-7-14-12/h1-2,4-5H,3,6-7H2. The van der Waals surface area contributed by atoms with E-state index in [2.05, 4.69) is 24.3 Å². The first-order chi connectivity index (χ1) is 6.92. The van der Waals surface area contributed by atoms with Gasteiger partial charge in [-0.05, 0) is 17.6 Å². The lowest BCUT2D eigenvalue weighted by Crippen LogP contribution is -2.29. The topological polar surface area (TPSA) is 18.5 Å². The Morgan fingerprint density at radius 2 is 1.79 bits per heavy atom. The molecule has 0 aromatic rings. The largest absolute Gasteiger partial charge is 0.340 e. The van der Waals surface area contributed by atoms with Gasteiger partial charge in [0.2, 0.25) is 5.79 Å². The maximum atomic E-state index is 5.79. The Bertz CT molecular complexity index is 443. The lowest BCUT2D eigenvalue weighted by molar-refractivity contribution is -0.0837. The van der Waals surface area contributed by atoms with Crippen LogP contribution in [-0.2, 0) is 9.47 Å². The average Bonchev–Trinajstić information content (AvgIpc) is 2.94. The third kappa shape index (κ3) is 0.578. The summed E-state index contributed by atoms with van der Waals surface area (Å²) in [6, 6.07) is 0. The molecule has 0 amide bonds. The molecular formula is C12H10O2. The van der Waals surface area contributed by atoms with Gasteiger partial charge in [0, 0.05) is 11.1 Å². The van der Waals surface area contributed by atoms with Crippen molar-refractivity contribution in [3.63, 3.8) is 0 Å². The van der Waals surface area contributed by atoms with Crippen LogP contribution in [0.2, 0.25) is 0 Å². The minimum atomic E-state index is -0.491. The van der Waals surface area contributed by atoms with Crippen molar-refractivity contribution in [3.8, 4) is 0 Å². The normalized spacial score (nSPS) is 30.3. The molecule has 4 aliphatic rings. The highest BCUT2D eigenvalue weighted by Gasteiger charge is 2.52. The summed E-state index contributed by atoms with van der Waals surface area (Å²) in [5.41, 5.74) is 5.20. The monoisotopic (exact) mass is 186 g/mol. The van der Waals surface area contributed by atoms with Crippen molar-refractivity contribution < 1.29 is 9.47 Å². The first-order valence-electron chi connectivity index (χ1n) is 5.03. The highest BCUT2D eigenvalue weighted by atomic mass is 16.7. The fourth-order valence-corrected chi connectivity index (χ4v) is 2.83. The van der Waals surface area contributed by atoms with E-state index >= 15 is 0 Å². The van der Waals surface area contributed by atoms with Crippen LogP contribution in [0.4, 0.5) is 0 Å². The van der Waals surface area contributed by atoms with E-state index < -0.39 is 5.79 Å². The Hall–Kier alpha value is -1.12. The van der Waals surface area contributed by atoms with Crippen LogP contribution in [0.1, 0.15) is 6.42 Å². The molecule has 2 bridgehead atoms.